The van der Waals surface area contributed by atoms with Crippen LogP contribution < -0.4 is 5.32 Å². The number of carbonyl (C=O) groups is 1. The minimum atomic E-state index is -0.441. The lowest BCUT2D eigenvalue weighted by molar-refractivity contribution is -0.131. The molecule has 4 heteroatoms. The Bertz CT molecular complexity index is 234. The maximum Gasteiger partial charge on any atom is 0.250 e. The lowest BCUT2D eigenvalue weighted by Gasteiger charge is -2.15. The van der Waals surface area contributed by atoms with Gasteiger partial charge in [0.05, 0.1) is 6.07 Å². The molecule has 1 aliphatic heterocycles. The van der Waals surface area contributed by atoms with Crippen LogP contribution in [0.2, 0.25) is 0 Å². The van der Waals surface area contributed by atoms with Crippen molar-refractivity contribution in [3.63, 3.8) is 0 Å². The number of rotatable bonds is 2. The molecule has 1 rings (SSSR count). The second-order valence-corrected chi connectivity index (χ2v) is 3.42. The topological polar surface area (TPSA) is 62.1 Å². The summed E-state index contributed by atoms with van der Waals surface area (Å²) in [6.45, 7) is 4.27. The van der Waals surface area contributed by atoms with E-state index in [2.05, 4.69) is 5.32 Å². The minimum Gasteiger partial charge on any atom is -0.368 e. The number of hydrogen-bond acceptors (Lipinski definition) is 3. The molecule has 1 saturated heterocycles. The van der Waals surface area contributed by atoms with Gasteiger partial charge in [-0.2, -0.15) is 5.26 Å². The summed E-state index contributed by atoms with van der Waals surface area (Å²) in [6.07, 6.45) is 0.551. The van der Waals surface area contributed by atoms with Gasteiger partial charge in [-0.25, -0.2) is 0 Å². The first-order valence-electron chi connectivity index (χ1n) is 4.46. The zero-order valence-corrected chi connectivity index (χ0v) is 7.91. The van der Waals surface area contributed by atoms with E-state index in [1.165, 1.54) is 0 Å². The molecular weight excluding hydrogens is 168 g/mol. The summed E-state index contributed by atoms with van der Waals surface area (Å²) < 4.78 is 5.25. The van der Waals surface area contributed by atoms with Crippen LogP contribution in [-0.2, 0) is 9.53 Å². The van der Waals surface area contributed by atoms with Crippen LogP contribution in [0, 0.1) is 17.2 Å². The van der Waals surface area contributed by atoms with E-state index < -0.39 is 6.04 Å². The molecule has 0 unspecified atom stereocenters. The molecule has 0 aliphatic carbocycles. The zero-order valence-electron chi connectivity index (χ0n) is 7.91. The van der Waals surface area contributed by atoms with Gasteiger partial charge in [-0.3, -0.25) is 4.79 Å². The van der Waals surface area contributed by atoms with Crippen LogP contribution in [0.1, 0.15) is 20.3 Å². The van der Waals surface area contributed by atoms with Crippen LogP contribution in [0.15, 0.2) is 0 Å². The molecule has 0 radical (unpaired) electrons. The van der Waals surface area contributed by atoms with E-state index in [-0.39, 0.29) is 17.9 Å². The number of nitrogens with zero attached hydrogens (tertiary/aromatic N) is 1. The molecule has 1 amide bonds. The monoisotopic (exact) mass is 182 g/mol. The van der Waals surface area contributed by atoms with E-state index in [4.69, 9.17) is 10.00 Å². The smallest absolute Gasteiger partial charge is 0.250 e. The molecule has 1 aliphatic rings. The summed E-state index contributed by atoms with van der Waals surface area (Å²) in [5, 5.41) is 11.1. The van der Waals surface area contributed by atoms with E-state index in [0.29, 0.717) is 6.61 Å². The predicted octanol–water partition coefficient (Wildman–Crippen LogP) is 0.440. The highest BCUT2D eigenvalue weighted by atomic mass is 16.5. The molecule has 13 heavy (non-hydrogen) atoms. The fourth-order valence-corrected chi connectivity index (χ4v) is 1.36. The lowest BCUT2D eigenvalue weighted by atomic mass is 10.0. The second kappa shape index (κ2) is 4.24. The van der Waals surface area contributed by atoms with E-state index in [0.717, 1.165) is 6.42 Å². The Morgan fingerprint density at radius 3 is 2.92 bits per heavy atom. The molecule has 0 spiro atoms. The second-order valence-electron chi connectivity index (χ2n) is 3.42. The first-order chi connectivity index (χ1) is 6.15. The van der Waals surface area contributed by atoms with Crippen LogP contribution in [0.3, 0.4) is 0 Å². The van der Waals surface area contributed by atoms with Gasteiger partial charge in [0.25, 0.3) is 0 Å². The highest BCUT2D eigenvalue weighted by molar-refractivity contribution is 5.81. The van der Waals surface area contributed by atoms with Crippen LogP contribution in [0.4, 0.5) is 0 Å². The number of carbonyl (C=O) groups excluding carboxylic acids is 1. The average molecular weight is 182 g/mol. The summed E-state index contributed by atoms with van der Waals surface area (Å²) in [5.41, 5.74) is 0. The van der Waals surface area contributed by atoms with Gasteiger partial charge in [-0.15, -0.1) is 0 Å². The van der Waals surface area contributed by atoms with Crippen molar-refractivity contribution in [3.8, 4) is 6.07 Å². The number of ether oxygens (including phenoxy) is 1. The zero-order chi connectivity index (χ0) is 9.84. The summed E-state index contributed by atoms with van der Waals surface area (Å²) >= 11 is 0. The molecule has 0 bridgehead atoms. The standard InChI is InChI=1S/C9H14N2O2/c1-6-3-4-13-8(6)9(12)11-7(2)5-10/h6-8H,3-4H2,1-2H3,(H,11,12)/t6-,7+,8+/m1/s1. The van der Waals surface area contributed by atoms with Crippen molar-refractivity contribution >= 4 is 5.91 Å². The Labute approximate surface area is 77.9 Å². The number of hydrogen-bond donors (Lipinski definition) is 1. The van der Waals surface area contributed by atoms with E-state index in [1.807, 2.05) is 13.0 Å². The fraction of sp³-hybridized carbons (Fsp3) is 0.778. The van der Waals surface area contributed by atoms with Crippen molar-refractivity contribution in [1.29, 1.82) is 5.26 Å². The van der Waals surface area contributed by atoms with E-state index in [1.54, 1.807) is 6.92 Å². The molecule has 0 aromatic heterocycles. The average Bonchev–Trinajstić information content (AvgIpc) is 2.51. The van der Waals surface area contributed by atoms with Crippen LogP contribution >= 0.6 is 0 Å². The van der Waals surface area contributed by atoms with E-state index >= 15 is 0 Å². The molecule has 4 nitrogen and oxygen atoms in total. The molecule has 1 N–H and O–H groups in total. The largest absolute Gasteiger partial charge is 0.368 e. The SMILES string of the molecule is C[C@@H]1CCO[C@@H]1C(=O)N[C@@H](C)C#N. The lowest BCUT2D eigenvalue weighted by Crippen LogP contribution is -2.41. The first kappa shape index (κ1) is 10.0. The number of nitriles is 1. The van der Waals surface area contributed by atoms with Gasteiger partial charge in [0.1, 0.15) is 12.1 Å². The molecule has 1 fully saturated rings. The van der Waals surface area contributed by atoms with Crippen molar-refractivity contribution in [3.05, 3.63) is 0 Å². The van der Waals surface area contributed by atoms with Crippen LogP contribution in [0.25, 0.3) is 0 Å². The third-order valence-corrected chi connectivity index (χ3v) is 2.20. The molecule has 0 aromatic carbocycles. The third-order valence-electron chi connectivity index (χ3n) is 2.20. The van der Waals surface area contributed by atoms with Crippen molar-refractivity contribution in [2.45, 2.75) is 32.4 Å². The van der Waals surface area contributed by atoms with Crippen LogP contribution in [-0.4, -0.2) is 24.7 Å². The minimum absolute atomic E-state index is 0.168. The Hall–Kier alpha value is -1.08. The van der Waals surface area contributed by atoms with Crippen LogP contribution in [0.5, 0.6) is 0 Å². The predicted molar refractivity (Wildman–Crippen MR) is 46.7 cm³/mol. The highest BCUT2D eigenvalue weighted by Crippen LogP contribution is 2.19. The highest BCUT2D eigenvalue weighted by Gasteiger charge is 2.31. The van der Waals surface area contributed by atoms with Crippen molar-refractivity contribution in [2.75, 3.05) is 6.61 Å². The van der Waals surface area contributed by atoms with Gasteiger partial charge < -0.3 is 10.1 Å². The Kier molecular flexibility index (Phi) is 3.26. The molecule has 72 valence electrons. The number of nitrogens with one attached hydrogen (secondary N) is 1. The normalized spacial score (nSPS) is 29.3. The summed E-state index contributed by atoms with van der Waals surface area (Å²) in [5.74, 6) is 0.0879. The molecule has 3 atom stereocenters. The Balaban J connectivity index is 2.44. The maximum absolute atomic E-state index is 11.4. The van der Waals surface area contributed by atoms with Gasteiger partial charge in [0.2, 0.25) is 5.91 Å². The summed E-state index contributed by atoms with van der Waals surface area (Å²) in [4.78, 5) is 11.4. The van der Waals surface area contributed by atoms with Gasteiger partial charge >= 0.3 is 0 Å². The maximum atomic E-state index is 11.4. The van der Waals surface area contributed by atoms with Gasteiger partial charge in [-0.1, -0.05) is 6.92 Å². The quantitative estimate of drug-likeness (QED) is 0.674. The Morgan fingerprint density at radius 1 is 1.77 bits per heavy atom. The number of amides is 1. The molecule has 0 aromatic rings. The summed E-state index contributed by atoms with van der Waals surface area (Å²) in [6, 6.07) is 1.51. The summed E-state index contributed by atoms with van der Waals surface area (Å²) in [7, 11) is 0. The van der Waals surface area contributed by atoms with Gasteiger partial charge in [-0.05, 0) is 19.3 Å². The van der Waals surface area contributed by atoms with Crippen molar-refractivity contribution in [1.82, 2.24) is 5.32 Å². The molecular formula is C9H14N2O2. The Morgan fingerprint density at radius 2 is 2.46 bits per heavy atom. The molecule has 1 heterocycles. The van der Waals surface area contributed by atoms with Crippen molar-refractivity contribution in [2.24, 2.45) is 5.92 Å². The third kappa shape index (κ3) is 2.43. The van der Waals surface area contributed by atoms with Gasteiger partial charge in [0.15, 0.2) is 0 Å². The van der Waals surface area contributed by atoms with Crippen molar-refractivity contribution < 1.29 is 9.53 Å². The van der Waals surface area contributed by atoms with Gasteiger partial charge in [0, 0.05) is 6.61 Å². The van der Waals surface area contributed by atoms with E-state index in [9.17, 15) is 4.79 Å². The molecule has 0 saturated carbocycles. The first-order valence-corrected chi connectivity index (χ1v) is 4.46. The fourth-order valence-electron chi connectivity index (χ4n) is 1.36.